The highest BCUT2D eigenvalue weighted by atomic mass is 16.6. The first-order chi connectivity index (χ1) is 29.3. The van der Waals surface area contributed by atoms with Gasteiger partial charge in [0, 0.05) is 24.0 Å². The third-order valence-electron chi connectivity index (χ3n) is 11.8. The van der Waals surface area contributed by atoms with E-state index in [0.717, 1.165) is 0 Å². The molecule has 334 valence electrons. The fraction of sp³-hybridized carbons (Fsp3) is 0.511. The Morgan fingerprint density at radius 1 is 0.694 bits per heavy atom. The van der Waals surface area contributed by atoms with E-state index in [1.807, 2.05) is 0 Å². The van der Waals surface area contributed by atoms with Gasteiger partial charge in [-0.2, -0.15) is 0 Å². The quantitative estimate of drug-likeness (QED) is 0.112. The third kappa shape index (κ3) is 9.61. The van der Waals surface area contributed by atoms with Crippen molar-refractivity contribution in [3.05, 3.63) is 59.4 Å². The summed E-state index contributed by atoms with van der Waals surface area (Å²) in [6, 6.07) is 9.82. The van der Waals surface area contributed by atoms with E-state index in [2.05, 4.69) is 20.1 Å². The number of aryl methyl sites for hydroxylation is 1. The minimum atomic E-state index is -1.36. The lowest BCUT2D eigenvalue weighted by atomic mass is 9.96. The third-order valence-corrected chi connectivity index (χ3v) is 11.8. The van der Waals surface area contributed by atoms with Crippen molar-refractivity contribution in [2.45, 2.75) is 97.3 Å². The van der Waals surface area contributed by atoms with Crippen molar-refractivity contribution in [3.8, 4) is 11.1 Å². The molecule has 5 rings (SSSR count). The Labute approximate surface area is 360 Å². The zero-order valence-corrected chi connectivity index (χ0v) is 36.7. The van der Waals surface area contributed by atoms with Gasteiger partial charge in [-0.3, -0.25) is 19.2 Å². The molecule has 4 atom stereocenters. The van der Waals surface area contributed by atoms with Crippen LogP contribution in [0.25, 0.3) is 22.1 Å². The van der Waals surface area contributed by atoms with Gasteiger partial charge in [-0.15, -0.1) is 0 Å². The SMILES string of the molecule is COC(=O)N[C@H](C(=O)N1CCC[C@@]1(C)C(=O)OCC(=O)c1ccc(-c2ccc(C(=O)COC(=O)[C@]3(C)CCCN3C(=O)[C@@H](NC(=O)OC)C(C)C)c3oc(C)cc23)cc1)C(C)C. The smallest absolute Gasteiger partial charge is 0.407 e. The van der Waals surface area contributed by atoms with Gasteiger partial charge < -0.3 is 43.8 Å². The van der Waals surface area contributed by atoms with E-state index < -0.39 is 83.9 Å². The molecule has 17 nitrogen and oxygen atoms in total. The number of alkyl carbamates (subject to hydrolysis) is 2. The van der Waals surface area contributed by atoms with Gasteiger partial charge in [0.15, 0.2) is 19.0 Å². The van der Waals surface area contributed by atoms with Crippen molar-refractivity contribution >= 4 is 58.5 Å². The van der Waals surface area contributed by atoms with Crippen LogP contribution < -0.4 is 10.6 Å². The number of hydrogen-bond acceptors (Lipinski definition) is 13. The number of nitrogens with one attached hydrogen (secondary N) is 2. The van der Waals surface area contributed by atoms with Gasteiger partial charge in [0.25, 0.3) is 0 Å². The molecule has 0 radical (unpaired) electrons. The molecule has 3 heterocycles. The second-order valence-electron chi connectivity index (χ2n) is 16.8. The Bertz CT molecular complexity index is 2230. The summed E-state index contributed by atoms with van der Waals surface area (Å²) in [5.74, 6) is -3.45. The van der Waals surface area contributed by atoms with Crippen LogP contribution in [0.3, 0.4) is 0 Å². The summed E-state index contributed by atoms with van der Waals surface area (Å²) in [4.78, 5) is 108. The fourth-order valence-corrected chi connectivity index (χ4v) is 8.08. The van der Waals surface area contributed by atoms with Gasteiger partial charge in [-0.05, 0) is 81.5 Å². The van der Waals surface area contributed by atoms with Crippen LogP contribution in [-0.2, 0) is 38.1 Å². The molecule has 62 heavy (non-hydrogen) atoms. The monoisotopic (exact) mass is 860 g/mol. The lowest BCUT2D eigenvalue weighted by Crippen LogP contribution is -2.58. The van der Waals surface area contributed by atoms with E-state index in [9.17, 15) is 38.4 Å². The summed E-state index contributed by atoms with van der Waals surface area (Å²) in [7, 11) is 2.39. The molecule has 3 aromatic rings. The van der Waals surface area contributed by atoms with Gasteiger partial charge in [0.2, 0.25) is 17.6 Å². The predicted octanol–water partition coefficient (Wildman–Crippen LogP) is 5.38. The first-order valence-electron chi connectivity index (χ1n) is 20.6. The number of rotatable bonds is 15. The maximum atomic E-state index is 13.6. The Balaban J connectivity index is 1.24. The number of hydrogen-bond donors (Lipinski definition) is 2. The molecule has 2 aliphatic rings. The van der Waals surface area contributed by atoms with Gasteiger partial charge in [-0.25, -0.2) is 19.2 Å². The number of ketones is 2. The minimum absolute atomic E-state index is 0.181. The number of benzene rings is 2. The van der Waals surface area contributed by atoms with Gasteiger partial charge in [0.1, 0.15) is 34.5 Å². The number of methoxy groups -OCH3 is 2. The highest BCUT2D eigenvalue weighted by Gasteiger charge is 2.50. The first-order valence-corrected chi connectivity index (χ1v) is 20.6. The van der Waals surface area contributed by atoms with Gasteiger partial charge >= 0.3 is 24.1 Å². The van der Waals surface area contributed by atoms with Crippen molar-refractivity contribution in [3.63, 3.8) is 0 Å². The number of amides is 4. The molecule has 4 amide bonds. The topological polar surface area (TPSA) is 217 Å². The minimum Gasteiger partial charge on any atom is -0.461 e. The Morgan fingerprint density at radius 2 is 1.16 bits per heavy atom. The number of esters is 2. The maximum Gasteiger partial charge on any atom is 0.407 e. The van der Waals surface area contributed by atoms with E-state index in [1.165, 1.54) is 24.0 Å². The normalized spacial score (nSPS) is 19.5. The summed E-state index contributed by atoms with van der Waals surface area (Å²) >= 11 is 0. The number of furan rings is 1. The summed E-state index contributed by atoms with van der Waals surface area (Å²) in [5.41, 5.74) is -0.575. The molecule has 2 aromatic carbocycles. The molecular formula is C45H56N4O13. The van der Waals surface area contributed by atoms with Crippen molar-refractivity contribution in [2.75, 3.05) is 40.5 Å². The number of likely N-dealkylation sites (tertiary alicyclic amines) is 2. The molecule has 2 fully saturated rings. The van der Waals surface area contributed by atoms with Gasteiger partial charge in [-0.1, -0.05) is 58.0 Å². The largest absolute Gasteiger partial charge is 0.461 e. The molecule has 1 aromatic heterocycles. The van der Waals surface area contributed by atoms with Crippen molar-refractivity contribution in [1.29, 1.82) is 0 Å². The standard InChI is InChI=1S/C45H56N4O13/c1-25(2)35(46-42(56)58-8)38(52)48-20-10-18-44(48,6)40(54)60-23-33(50)29-14-12-28(13-15-29)30-16-17-31(37-32(30)22-27(5)62-37)34(51)24-61-41(55)45(7)19-11-21-49(45)39(53)36(26(3)4)47-43(57)59-9/h12-17,22,25-26,35-36H,10-11,18-21,23-24H2,1-9H3,(H,46,56)(H,47,57)/t35-,36-,44-,45-/m0/s1. The van der Waals surface area contributed by atoms with E-state index in [0.29, 0.717) is 48.0 Å². The van der Waals surface area contributed by atoms with Crippen LogP contribution in [-0.4, -0.2) is 121 Å². The van der Waals surface area contributed by atoms with Crippen LogP contribution in [0.1, 0.15) is 93.7 Å². The average Bonchev–Trinajstić information content (AvgIpc) is 3.97. The zero-order chi connectivity index (χ0) is 45.7. The Kier molecular flexibility index (Phi) is 14.5. The lowest BCUT2D eigenvalue weighted by molar-refractivity contribution is -0.160. The van der Waals surface area contributed by atoms with E-state index >= 15 is 0 Å². The zero-order valence-electron chi connectivity index (χ0n) is 36.7. The molecule has 0 unspecified atom stereocenters. The van der Waals surface area contributed by atoms with Crippen molar-refractivity contribution in [2.24, 2.45) is 11.8 Å². The summed E-state index contributed by atoms with van der Waals surface area (Å²) in [6.07, 6.45) is 0.134. The number of nitrogens with zero attached hydrogens (tertiary/aromatic N) is 2. The second kappa shape index (κ2) is 19.2. The second-order valence-corrected chi connectivity index (χ2v) is 16.8. The van der Waals surface area contributed by atoms with E-state index in [1.54, 1.807) is 90.9 Å². The van der Waals surface area contributed by atoms with Gasteiger partial charge in [0.05, 0.1) is 19.8 Å². The number of fused-ring (bicyclic) bond motifs is 1. The van der Waals surface area contributed by atoms with Crippen LogP contribution >= 0.6 is 0 Å². The Morgan fingerprint density at radius 3 is 1.61 bits per heavy atom. The summed E-state index contributed by atoms with van der Waals surface area (Å²) in [5, 5.41) is 5.69. The molecule has 2 aliphatic heterocycles. The molecule has 0 saturated carbocycles. The Hall–Kier alpha value is -6.26. The molecule has 0 spiro atoms. The maximum absolute atomic E-state index is 13.6. The van der Waals surface area contributed by atoms with Crippen LogP contribution in [0.5, 0.6) is 0 Å². The molecule has 0 bridgehead atoms. The molecule has 17 heteroatoms. The summed E-state index contributed by atoms with van der Waals surface area (Å²) in [6.45, 7) is 11.3. The molecule has 2 saturated heterocycles. The molecule has 2 N–H and O–H groups in total. The summed E-state index contributed by atoms with van der Waals surface area (Å²) < 4.78 is 26.4. The van der Waals surface area contributed by atoms with E-state index in [4.69, 9.17) is 13.9 Å². The fourth-order valence-electron chi connectivity index (χ4n) is 8.08. The number of Topliss-reactive ketones (excluding diaryl/α,β-unsaturated/α-hetero) is 2. The lowest BCUT2D eigenvalue weighted by Gasteiger charge is -2.36. The van der Waals surface area contributed by atoms with Crippen LogP contribution in [0, 0.1) is 18.8 Å². The first kappa shape index (κ1) is 46.8. The van der Waals surface area contributed by atoms with Crippen molar-refractivity contribution in [1.82, 2.24) is 20.4 Å². The number of ether oxygens (including phenoxy) is 4. The van der Waals surface area contributed by atoms with Crippen molar-refractivity contribution < 1.29 is 61.7 Å². The van der Waals surface area contributed by atoms with Crippen LogP contribution in [0.4, 0.5) is 9.59 Å². The average molecular weight is 861 g/mol. The molecule has 0 aliphatic carbocycles. The van der Waals surface area contributed by atoms with Crippen LogP contribution in [0.2, 0.25) is 0 Å². The highest BCUT2D eigenvalue weighted by molar-refractivity contribution is 6.11. The number of carbonyl (C=O) groups is 8. The number of carbonyl (C=O) groups excluding carboxylic acids is 8. The predicted molar refractivity (Wildman–Crippen MR) is 224 cm³/mol. The van der Waals surface area contributed by atoms with E-state index in [-0.39, 0.29) is 41.6 Å². The molecular weight excluding hydrogens is 805 g/mol. The van der Waals surface area contributed by atoms with Crippen LogP contribution in [0.15, 0.2) is 46.9 Å². The highest BCUT2D eigenvalue weighted by Crippen LogP contribution is 2.36.